The number of carbonyl (C=O) groups excluding carboxylic acids is 2. The summed E-state index contributed by atoms with van der Waals surface area (Å²) in [5, 5.41) is 23.2. The molecule has 0 fully saturated rings. The Morgan fingerprint density at radius 2 is 0.719 bits per heavy atom. The second kappa shape index (κ2) is 54.2. The van der Waals surface area contributed by atoms with Crippen molar-refractivity contribution in [2.75, 3.05) is 13.2 Å². The monoisotopic (exact) mass is 904 g/mol. The van der Waals surface area contributed by atoms with Gasteiger partial charge in [-0.2, -0.15) is 0 Å². The van der Waals surface area contributed by atoms with Gasteiger partial charge in [-0.15, -0.1) is 0 Å². The number of unbranched alkanes of at least 4 members (excludes halogenated alkanes) is 43. The van der Waals surface area contributed by atoms with Crippen LogP contribution in [-0.4, -0.2) is 47.4 Å². The molecule has 2 atom stereocenters. The molecule has 2 unspecified atom stereocenters. The van der Waals surface area contributed by atoms with Crippen LogP contribution in [0, 0.1) is 0 Å². The van der Waals surface area contributed by atoms with Gasteiger partial charge in [0.25, 0.3) is 0 Å². The average Bonchev–Trinajstić information content (AvgIpc) is 3.29. The molecule has 380 valence electrons. The van der Waals surface area contributed by atoms with Gasteiger partial charge in [-0.25, -0.2) is 0 Å². The molecule has 0 rings (SSSR count). The Morgan fingerprint density at radius 3 is 1.06 bits per heavy atom. The molecule has 6 nitrogen and oxygen atoms in total. The van der Waals surface area contributed by atoms with E-state index < -0.39 is 12.1 Å². The minimum absolute atomic E-state index is 0.0176. The SMILES string of the molecule is CCCCCCCCCCCCCCCCCCCCCCC/C=C/C(O)C(CO)NC(=O)CCCCCCCCCCCCOC(=O)CCCCCCCCCCCCCCCC. The van der Waals surface area contributed by atoms with Crippen molar-refractivity contribution in [2.45, 2.75) is 334 Å². The summed E-state index contributed by atoms with van der Waals surface area (Å²) in [6, 6.07) is -0.644. The number of nitrogens with one attached hydrogen (secondary N) is 1. The maximum absolute atomic E-state index is 12.5. The molecule has 0 saturated heterocycles. The van der Waals surface area contributed by atoms with Crippen LogP contribution in [-0.2, 0) is 14.3 Å². The zero-order chi connectivity index (χ0) is 46.5. The molecule has 0 radical (unpaired) electrons. The van der Waals surface area contributed by atoms with Crippen LogP contribution >= 0.6 is 0 Å². The molecule has 64 heavy (non-hydrogen) atoms. The fourth-order valence-corrected chi connectivity index (χ4v) is 9.11. The number of allylic oxidation sites excluding steroid dienone is 1. The highest BCUT2D eigenvalue weighted by Gasteiger charge is 2.18. The van der Waals surface area contributed by atoms with Gasteiger partial charge < -0.3 is 20.3 Å². The van der Waals surface area contributed by atoms with Crippen LogP contribution in [0.25, 0.3) is 0 Å². The highest BCUT2D eigenvalue weighted by atomic mass is 16.5. The van der Waals surface area contributed by atoms with E-state index in [1.165, 1.54) is 238 Å². The number of ether oxygens (including phenoxy) is 1. The number of rotatable bonds is 54. The quantitative estimate of drug-likeness (QED) is 0.0321. The van der Waals surface area contributed by atoms with Crippen LogP contribution in [0.3, 0.4) is 0 Å². The summed E-state index contributed by atoms with van der Waals surface area (Å²) in [6.07, 6.45) is 63.7. The van der Waals surface area contributed by atoms with Crippen LogP contribution in [0.1, 0.15) is 322 Å². The number of esters is 1. The van der Waals surface area contributed by atoms with E-state index in [1.807, 2.05) is 6.08 Å². The predicted molar refractivity (Wildman–Crippen MR) is 278 cm³/mol. The Morgan fingerprint density at radius 1 is 0.422 bits per heavy atom. The lowest BCUT2D eigenvalue weighted by Crippen LogP contribution is -2.45. The Bertz CT molecular complexity index is 955. The Hall–Kier alpha value is -1.40. The van der Waals surface area contributed by atoms with Crippen molar-refractivity contribution in [3.63, 3.8) is 0 Å². The lowest BCUT2D eigenvalue weighted by Gasteiger charge is -2.20. The lowest BCUT2D eigenvalue weighted by atomic mass is 10.0. The number of hydrogen-bond donors (Lipinski definition) is 3. The molecule has 0 saturated carbocycles. The Kier molecular flexibility index (Phi) is 53.0. The lowest BCUT2D eigenvalue weighted by molar-refractivity contribution is -0.143. The first-order chi connectivity index (χ1) is 31.5. The second-order valence-electron chi connectivity index (χ2n) is 20.0. The van der Waals surface area contributed by atoms with Crippen molar-refractivity contribution in [3.8, 4) is 0 Å². The van der Waals surface area contributed by atoms with Crippen LogP contribution < -0.4 is 5.32 Å². The number of aliphatic hydroxyl groups is 2. The summed E-state index contributed by atoms with van der Waals surface area (Å²) >= 11 is 0. The molecule has 0 aromatic heterocycles. The van der Waals surface area contributed by atoms with Gasteiger partial charge in [0.2, 0.25) is 5.91 Å². The Balaban J connectivity index is 3.49. The number of hydrogen-bond acceptors (Lipinski definition) is 5. The molecule has 0 aliphatic carbocycles. The molecule has 3 N–H and O–H groups in total. The molecular formula is C58H113NO5. The fraction of sp³-hybridized carbons (Fsp3) is 0.931. The predicted octanol–water partition coefficient (Wildman–Crippen LogP) is 17.7. The summed E-state index contributed by atoms with van der Waals surface area (Å²) in [5.41, 5.74) is 0. The van der Waals surface area contributed by atoms with E-state index in [9.17, 15) is 19.8 Å². The van der Waals surface area contributed by atoms with E-state index in [1.54, 1.807) is 6.08 Å². The molecular weight excluding hydrogens is 791 g/mol. The molecule has 6 heteroatoms. The first-order valence-corrected chi connectivity index (χ1v) is 29.0. The van der Waals surface area contributed by atoms with Crippen LogP contribution in [0.2, 0.25) is 0 Å². The van der Waals surface area contributed by atoms with Gasteiger partial charge in [-0.05, 0) is 32.1 Å². The summed E-state index contributed by atoms with van der Waals surface area (Å²) in [4.78, 5) is 24.5. The standard InChI is InChI=1S/C58H113NO5/c1-3-5-7-9-11-13-15-17-19-20-21-22-23-24-25-26-27-28-30-34-38-42-46-50-56(61)55(54-60)59-57(62)51-47-43-39-35-32-33-37-41-45-49-53-64-58(63)52-48-44-40-36-31-29-18-16-14-12-10-8-6-4-2/h46,50,55-56,60-61H,3-45,47-49,51-54H2,1-2H3,(H,59,62)/b50-46+. The smallest absolute Gasteiger partial charge is 0.305 e. The third-order valence-electron chi connectivity index (χ3n) is 13.6. The molecule has 0 spiro atoms. The van der Waals surface area contributed by atoms with Gasteiger partial charge in [0.15, 0.2) is 0 Å². The van der Waals surface area contributed by atoms with Crippen LogP contribution in [0.5, 0.6) is 0 Å². The van der Waals surface area contributed by atoms with Crippen molar-refractivity contribution in [2.24, 2.45) is 0 Å². The van der Waals surface area contributed by atoms with E-state index in [0.717, 1.165) is 57.8 Å². The van der Waals surface area contributed by atoms with Gasteiger partial charge in [0.05, 0.1) is 25.4 Å². The van der Waals surface area contributed by atoms with Gasteiger partial charge in [-0.1, -0.05) is 289 Å². The number of amides is 1. The topological polar surface area (TPSA) is 95.9 Å². The minimum Gasteiger partial charge on any atom is -0.466 e. The van der Waals surface area contributed by atoms with Gasteiger partial charge in [0.1, 0.15) is 0 Å². The van der Waals surface area contributed by atoms with Crippen molar-refractivity contribution in [1.82, 2.24) is 5.32 Å². The largest absolute Gasteiger partial charge is 0.466 e. The molecule has 0 aliphatic rings. The zero-order valence-corrected chi connectivity index (χ0v) is 43.3. The maximum Gasteiger partial charge on any atom is 0.305 e. The number of aliphatic hydroxyl groups excluding tert-OH is 2. The van der Waals surface area contributed by atoms with Crippen molar-refractivity contribution >= 4 is 11.9 Å². The molecule has 1 amide bonds. The van der Waals surface area contributed by atoms with Crippen LogP contribution in [0.4, 0.5) is 0 Å². The van der Waals surface area contributed by atoms with Crippen molar-refractivity contribution in [1.29, 1.82) is 0 Å². The third-order valence-corrected chi connectivity index (χ3v) is 13.6. The van der Waals surface area contributed by atoms with Gasteiger partial charge in [-0.3, -0.25) is 9.59 Å². The summed E-state index contributed by atoms with van der Waals surface area (Å²) in [6.45, 7) is 4.88. The fourth-order valence-electron chi connectivity index (χ4n) is 9.11. The molecule has 0 aromatic carbocycles. The second-order valence-corrected chi connectivity index (χ2v) is 20.0. The van der Waals surface area contributed by atoms with Crippen molar-refractivity contribution in [3.05, 3.63) is 12.2 Å². The highest BCUT2D eigenvalue weighted by molar-refractivity contribution is 5.76. The molecule has 0 aromatic rings. The summed E-state index contributed by atoms with van der Waals surface area (Å²) in [7, 11) is 0. The van der Waals surface area contributed by atoms with E-state index in [4.69, 9.17) is 4.74 Å². The molecule has 0 heterocycles. The zero-order valence-electron chi connectivity index (χ0n) is 43.3. The first-order valence-electron chi connectivity index (χ1n) is 29.0. The molecule has 0 bridgehead atoms. The highest BCUT2D eigenvalue weighted by Crippen LogP contribution is 2.17. The summed E-state index contributed by atoms with van der Waals surface area (Å²) in [5.74, 6) is -0.104. The summed E-state index contributed by atoms with van der Waals surface area (Å²) < 4.78 is 5.46. The maximum atomic E-state index is 12.5. The van der Waals surface area contributed by atoms with Crippen LogP contribution in [0.15, 0.2) is 12.2 Å². The molecule has 0 aliphatic heterocycles. The average molecular weight is 905 g/mol. The minimum atomic E-state index is -0.859. The van der Waals surface area contributed by atoms with Crippen molar-refractivity contribution < 1.29 is 24.5 Å². The first kappa shape index (κ1) is 62.6. The van der Waals surface area contributed by atoms with E-state index in [0.29, 0.717) is 19.4 Å². The Labute approximate surface area is 399 Å². The van der Waals surface area contributed by atoms with E-state index >= 15 is 0 Å². The van der Waals surface area contributed by atoms with Gasteiger partial charge in [0, 0.05) is 12.8 Å². The normalized spacial score (nSPS) is 12.6. The van der Waals surface area contributed by atoms with Gasteiger partial charge >= 0.3 is 5.97 Å². The third kappa shape index (κ3) is 50.0. The number of carbonyl (C=O) groups is 2. The van der Waals surface area contributed by atoms with E-state index in [2.05, 4.69) is 19.2 Å². The van der Waals surface area contributed by atoms with E-state index in [-0.39, 0.29) is 18.5 Å².